The Hall–Kier alpha value is -0.420. The van der Waals surface area contributed by atoms with Crippen LogP contribution in [0.3, 0.4) is 0 Å². The van der Waals surface area contributed by atoms with Crippen molar-refractivity contribution >= 4 is 18.3 Å². The Morgan fingerprint density at radius 2 is 2.08 bits per heavy atom. The Kier molecular flexibility index (Phi) is 3.86. The lowest BCUT2D eigenvalue weighted by Crippen LogP contribution is -2.51. The third kappa shape index (κ3) is 2.91. The van der Waals surface area contributed by atoms with E-state index in [0.717, 1.165) is 0 Å². The van der Waals surface area contributed by atoms with E-state index in [0.29, 0.717) is 0 Å². The molecule has 0 bridgehead atoms. The van der Waals surface area contributed by atoms with Crippen LogP contribution < -0.4 is 11.1 Å². The van der Waals surface area contributed by atoms with Crippen molar-refractivity contribution in [2.45, 2.75) is 24.8 Å². The Bertz CT molecular complexity index is 169. The van der Waals surface area contributed by atoms with Crippen molar-refractivity contribution in [1.82, 2.24) is 5.32 Å². The summed E-state index contributed by atoms with van der Waals surface area (Å²) < 4.78 is 24.3. The van der Waals surface area contributed by atoms with E-state index < -0.39 is 5.92 Å². The monoisotopic (exact) mass is 200 g/mol. The fraction of sp³-hybridized carbons (Fsp3) is 0.833. The number of carbonyl (C=O) groups excluding carboxylic acids is 1. The van der Waals surface area contributed by atoms with Gasteiger partial charge in [-0.15, -0.1) is 12.4 Å². The first-order valence-corrected chi connectivity index (χ1v) is 3.41. The predicted molar refractivity (Wildman–Crippen MR) is 42.4 cm³/mol. The Morgan fingerprint density at radius 3 is 2.42 bits per heavy atom. The first-order chi connectivity index (χ1) is 5.03. The van der Waals surface area contributed by atoms with Gasteiger partial charge in [0, 0.05) is 18.9 Å². The van der Waals surface area contributed by atoms with Crippen molar-refractivity contribution in [3.05, 3.63) is 0 Å². The van der Waals surface area contributed by atoms with Crippen molar-refractivity contribution in [3.63, 3.8) is 0 Å². The molecule has 0 radical (unpaired) electrons. The number of rotatable bonds is 2. The summed E-state index contributed by atoms with van der Waals surface area (Å²) in [5.74, 6) is -2.95. The topological polar surface area (TPSA) is 55.1 Å². The highest BCUT2D eigenvalue weighted by molar-refractivity contribution is 5.85. The van der Waals surface area contributed by atoms with Crippen molar-refractivity contribution in [3.8, 4) is 0 Å². The highest BCUT2D eigenvalue weighted by atomic mass is 35.5. The van der Waals surface area contributed by atoms with E-state index in [9.17, 15) is 13.6 Å². The highest BCUT2D eigenvalue weighted by Crippen LogP contribution is 2.37. The predicted octanol–water partition coefficient (Wildman–Crippen LogP) is 0.281. The van der Waals surface area contributed by atoms with Gasteiger partial charge < -0.3 is 11.1 Å². The summed E-state index contributed by atoms with van der Waals surface area (Å²) >= 11 is 0. The lowest BCUT2D eigenvalue weighted by molar-refractivity contribution is -0.127. The summed E-state index contributed by atoms with van der Waals surface area (Å²) in [6.07, 6.45) is -0.503. The Morgan fingerprint density at radius 1 is 1.58 bits per heavy atom. The summed E-state index contributed by atoms with van der Waals surface area (Å²) in [6.45, 7) is -0.137. The van der Waals surface area contributed by atoms with Gasteiger partial charge in [-0.05, 0) is 0 Å². The van der Waals surface area contributed by atoms with Crippen molar-refractivity contribution in [2.75, 3.05) is 6.54 Å². The molecule has 0 spiro atoms. The molecule has 1 saturated carbocycles. The molecule has 1 rings (SSSR count). The number of hydrogen-bond donors (Lipinski definition) is 2. The average molecular weight is 201 g/mol. The van der Waals surface area contributed by atoms with E-state index in [1.807, 2.05) is 0 Å². The van der Waals surface area contributed by atoms with Crippen LogP contribution in [0.1, 0.15) is 12.8 Å². The Balaban J connectivity index is 0.00000121. The number of carbonyl (C=O) groups is 1. The zero-order chi connectivity index (χ0) is 8.48. The third-order valence-corrected chi connectivity index (χ3v) is 1.64. The van der Waals surface area contributed by atoms with Crippen LogP contribution in [0, 0.1) is 0 Å². The molecule has 0 aromatic rings. The number of hydrogen-bond acceptors (Lipinski definition) is 2. The van der Waals surface area contributed by atoms with Gasteiger partial charge in [-0.25, -0.2) is 8.78 Å². The molecule has 0 aromatic carbocycles. The molecule has 3 nitrogen and oxygen atoms in total. The number of nitrogens with one attached hydrogen (secondary N) is 1. The standard InChI is InChI=1S/C6H10F2N2O.ClH/c7-6(8)1-4(2-6)10-5(11)3-9;/h4H,1-3,9H2,(H,10,11);1H. The SMILES string of the molecule is Cl.NCC(=O)NC1CC(F)(F)C1. The second-order valence-electron chi connectivity index (χ2n) is 2.73. The maximum atomic E-state index is 12.2. The van der Waals surface area contributed by atoms with Gasteiger partial charge in [-0.1, -0.05) is 0 Å². The lowest BCUT2D eigenvalue weighted by Gasteiger charge is -2.35. The minimum absolute atomic E-state index is 0. The first-order valence-electron chi connectivity index (χ1n) is 3.41. The van der Waals surface area contributed by atoms with Crippen LogP contribution >= 0.6 is 12.4 Å². The van der Waals surface area contributed by atoms with E-state index in [1.165, 1.54) is 0 Å². The number of halogens is 3. The average Bonchev–Trinajstić information content (AvgIpc) is 1.83. The van der Waals surface area contributed by atoms with Gasteiger partial charge in [0.05, 0.1) is 6.54 Å². The zero-order valence-electron chi connectivity index (χ0n) is 6.35. The smallest absolute Gasteiger partial charge is 0.252 e. The highest BCUT2D eigenvalue weighted by Gasteiger charge is 2.45. The van der Waals surface area contributed by atoms with Gasteiger partial charge >= 0.3 is 0 Å². The molecule has 3 N–H and O–H groups in total. The number of alkyl halides is 2. The molecule has 72 valence electrons. The molecule has 0 atom stereocenters. The second-order valence-corrected chi connectivity index (χ2v) is 2.73. The number of nitrogens with two attached hydrogens (primary N) is 1. The van der Waals surface area contributed by atoms with Crippen LogP contribution in [0.4, 0.5) is 8.78 Å². The second kappa shape index (κ2) is 4.00. The van der Waals surface area contributed by atoms with Crippen LogP contribution in [0.2, 0.25) is 0 Å². The molecule has 6 heteroatoms. The largest absolute Gasteiger partial charge is 0.352 e. The molecule has 0 aliphatic heterocycles. The van der Waals surface area contributed by atoms with Crippen LogP contribution in [0.15, 0.2) is 0 Å². The molecule has 1 aliphatic carbocycles. The third-order valence-electron chi connectivity index (χ3n) is 1.64. The summed E-state index contributed by atoms with van der Waals surface area (Å²) in [6, 6.07) is -0.374. The minimum atomic E-state index is -2.58. The fourth-order valence-electron chi connectivity index (χ4n) is 1.05. The number of amides is 1. The van der Waals surface area contributed by atoms with E-state index >= 15 is 0 Å². The zero-order valence-corrected chi connectivity index (χ0v) is 7.16. The summed E-state index contributed by atoms with van der Waals surface area (Å²) in [5.41, 5.74) is 4.97. The maximum Gasteiger partial charge on any atom is 0.252 e. The van der Waals surface area contributed by atoms with Gasteiger partial charge in [0.2, 0.25) is 5.91 Å². The van der Waals surface area contributed by atoms with Crippen molar-refractivity contribution in [2.24, 2.45) is 5.73 Å². The molecular weight excluding hydrogens is 190 g/mol. The molecule has 0 saturated heterocycles. The molecule has 1 aliphatic rings. The molecule has 0 heterocycles. The van der Waals surface area contributed by atoms with Gasteiger partial charge in [0.25, 0.3) is 5.92 Å². The van der Waals surface area contributed by atoms with Crippen LogP contribution in [-0.4, -0.2) is 24.4 Å². The molecule has 0 aromatic heterocycles. The van der Waals surface area contributed by atoms with Crippen LogP contribution in [-0.2, 0) is 4.79 Å². The van der Waals surface area contributed by atoms with E-state index in [-0.39, 0.29) is 43.7 Å². The summed E-state index contributed by atoms with van der Waals surface area (Å²) in [5, 5.41) is 2.38. The molecule has 1 fully saturated rings. The van der Waals surface area contributed by atoms with E-state index in [2.05, 4.69) is 5.32 Å². The summed E-state index contributed by atoms with van der Waals surface area (Å²) in [7, 11) is 0. The molecule has 12 heavy (non-hydrogen) atoms. The van der Waals surface area contributed by atoms with Gasteiger partial charge in [-0.2, -0.15) is 0 Å². The lowest BCUT2D eigenvalue weighted by atomic mass is 9.88. The molecular formula is C6H11ClF2N2O. The minimum Gasteiger partial charge on any atom is -0.352 e. The normalized spacial score (nSPS) is 20.6. The summed E-state index contributed by atoms with van der Waals surface area (Å²) in [4.78, 5) is 10.5. The first kappa shape index (κ1) is 11.6. The van der Waals surface area contributed by atoms with Gasteiger partial charge in [0.1, 0.15) is 0 Å². The van der Waals surface area contributed by atoms with Gasteiger partial charge in [0.15, 0.2) is 0 Å². The Labute approximate surface area is 75.1 Å². The quantitative estimate of drug-likeness (QED) is 0.673. The van der Waals surface area contributed by atoms with Crippen molar-refractivity contribution < 1.29 is 13.6 Å². The van der Waals surface area contributed by atoms with E-state index in [4.69, 9.17) is 5.73 Å². The fourth-order valence-corrected chi connectivity index (χ4v) is 1.05. The van der Waals surface area contributed by atoms with E-state index in [1.54, 1.807) is 0 Å². The maximum absolute atomic E-state index is 12.2. The van der Waals surface area contributed by atoms with Crippen molar-refractivity contribution in [1.29, 1.82) is 0 Å². The van der Waals surface area contributed by atoms with Crippen LogP contribution in [0.5, 0.6) is 0 Å². The van der Waals surface area contributed by atoms with Crippen LogP contribution in [0.25, 0.3) is 0 Å². The van der Waals surface area contributed by atoms with Gasteiger partial charge in [-0.3, -0.25) is 4.79 Å². The molecule has 1 amide bonds. The molecule has 0 unspecified atom stereocenters.